The summed E-state index contributed by atoms with van der Waals surface area (Å²) in [5.74, 6) is -0.981. The van der Waals surface area contributed by atoms with Crippen molar-refractivity contribution in [2.45, 2.75) is 6.92 Å². The van der Waals surface area contributed by atoms with E-state index in [1.165, 1.54) is 18.2 Å². The summed E-state index contributed by atoms with van der Waals surface area (Å²) in [6.07, 6.45) is 0. The van der Waals surface area contributed by atoms with Crippen LogP contribution in [0, 0.1) is 12.7 Å². The minimum absolute atomic E-state index is 0.0386. The van der Waals surface area contributed by atoms with Crippen LogP contribution in [0.1, 0.15) is 15.9 Å². The van der Waals surface area contributed by atoms with Crippen LogP contribution in [0.2, 0.25) is 5.02 Å². The number of amides is 1. The number of hydrogen-bond donors (Lipinski definition) is 2. The van der Waals surface area contributed by atoms with Gasteiger partial charge in [-0.25, -0.2) is 4.39 Å². The zero-order chi connectivity index (χ0) is 14.0. The maximum absolute atomic E-state index is 13.5. The molecule has 19 heavy (non-hydrogen) atoms. The summed E-state index contributed by atoms with van der Waals surface area (Å²) in [5.41, 5.74) is 7.53. The van der Waals surface area contributed by atoms with Gasteiger partial charge in [0.05, 0.1) is 5.69 Å². The van der Waals surface area contributed by atoms with E-state index in [-0.39, 0.29) is 5.69 Å². The zero-order valence-corrected chi connectivity index (χ0v) is 11.0. The van der Waals surface area contributed by atoms with Crippen molar-refractivity contribution in [2.75, 3.05) is 11.1 Å². The summed E-state index contributed by atoms with van der Waals surface area (Å²) in [4.78, 5) is 12.0. The average molecular weight is 279 g/mol. The molecule has 0 aliphatic heterocycles. The first-order valence-corrected chi connectivity index (χ1v) is 5.97. The molecule has 3 N–H and O–H groups in total. The number of carbonyl (C=O) groups is 1. The normalized spacial score (nSPS) is 10.3. The molecule has 2 rings (SSSR count). The molecule has 0 spiro atoms. The fourth-order valence-electron chi connectivity index (χ4n) is 1.57. The molecule has 0 saturated heterocycles. The van der Waals surface area contributed by atoms with Gasteiger partial charge in [-0.05, 0) is 42.8 Å². The Kier molecular flexibility index (Phi) is 3.71. The van der Waals surface area contributed by atoms with Crippen molar-refractivity contribution in [3.8, 4) is 0 Å². The highest BCUT2D eigenvalue weighted by atomic mass is 35.5. The fourth-order valence-corrected chi connectivity index (χ4v) is 1.74. The minimum atomic E-state index is -0.544. The maximum Gasteiger partial charge on any atom is 0.255 e. The lowest BCUT2D eigenvalue weighted by molar-refractivity contribution is 0.102. The highest BCUT2D eigenvalue weighted by molar-refractivity contribution is 6.31. The molecule has 0 radical (unpaired) electrons. The van der Waals surface area contributed by atoms with Crippen molar-refractivity contribution in [3.05, 3.63) is 58.4 Å². The molecular formula is C14H12ClFN2O. The van der Waals surface area contributed by atoms with Gasteiger partial charge in [-0.15, -0.1) is 0 Å². The topological polar surface area (TPSA) is 55.1 Å². The number of halogens is 2. The van der Waals surface area contributed by atoms with Crippen molar-refractivity contribution < 1.29 is 9.18 Å². The summed E-state index contributed by atoms with van der Waals surface area (Å²) in [6.45, 7) is 1.84. The standard InChI is InChI=1S/C14H12ClFN2O/c1-8-2-3-9(6-12(8)17)14(19)18-13-7-10(15)4-5-11(13)16/h2-7H,17H2,1H3,(H,18,19). The van der Waals surface area contributed by atoms with Crippen LogP contribution in [-0.4, -0.2) is 5.91 Å². The lowest BCUT2D eigenvalue weighted by Crippen LogP contribution is -2.13. The van der Waals surface area contributed by atoms with Crippen LogP contribution in [-0.2, 0) is 0 Å². The van der Waals surface area contributed by atoms with Gasteiger partial charge in [0.25, 0.3) is 5.91 Å². The van der Waals surface area contributed by atoms with Crippen molar-refractivity contribution >= 4 is 28.9 Å². The Morgan fingerprint density at radius 1 is 1.26 bits per heavy atom. The molecule has 3 nitrogen and oxygen atoms in total. The first-order chi connectivity index (χ1) is 8.97. The van der Waals surface area contributed by atoms with Crippen LogP contribution in [0.5, 0.6) is 0 Å². The van der Waals surface area contributed by atoms with Crippen LogP contribution >= 0.6 is 11.6 Å². The summed E-state index contributed by atoms with van der Waals surface area (Å²) in [5, 5.41) is 2.81. The number of nitrogens with two attached hydrogens (primary N) is 1. The minimum Gasteiger partial charge on any atom is -0.398 e. The van der Waals surface area contributed by atoms with E-state index in [0.29, 0.717) is 16.3 Å². The van der Waals surface area contributed by atoms with Gasteiger partial charge in [-0.1, -0.05) is 17.7 Å². The molecular weight excluding hydrogens is 267 g/mol. The number of aryl methyl sites for hydroxylation is 1. The lowest BCUT2D eigenvalue weighted by Gasteiger charge is -2.08. The van der Waals surface area contributed by atoms with E-state index in [1.807, 2.05) is 6.92 Å². The molecule has 0 saturated carbocycles. The molecule has 0 unspecified atom stereocenters. The van der Waals surface area contributed by atoms with E-state index in [9.17, 15) is 9.18 Å². The number of benzene rings is 2. The second kappa shape index (κ2) is 5.28. The first kappa shape index (κ1) is 13.4. The Bertz CT molecular complexity index is 643. The Morgan fingerprint density at radius 2 is 2.00 bits per heavy atom. The molecule has 0 aliphatic rings. The third-order valence-corrected chi connectivity index (χ3v) is 2.95. The van der Waals surface area contributed by atoms with Gasteiger partial charge in [0, 0.05) is 16.3 Å². The van der Waals surface area contributed by atoms with Crippen molar-refractivity contribution in [1.29, 1.82) is 0 Å². The number of hydrogen-bond acceptors (Lipinski definition) is 2. The van der Waals surface area contributed by atoms with Crippen LogP contribution in [0.15, 0.2) is 36.4 Å². The van der Waals surface area contributed by atoms with Gasteiger partial charge in [0.1, 0.15) is 5.82 Å². The van der Waals surface area contributed by atoms with E-state index in [0.717, 1.165) is 5.56 Å². The monoisotopic (exact) mass is 278 g/mol. The Balaban J connectivity index is 2.25. The molecule has 2 aromatic rings. The van der Waals surface area contributed by atoms with Crippen LogP contribution in [0.3, 0.4) is 0 Å². The number of nitrogen functional groups attached to an aromatic ring is 1. The van der Waals surface area contributed by atoms with Crippen LogP contribution < -0.4 is 11.1 Å². The van der Waals surface area contributed by atoms with E-state index in [4.69, 9.17) is 17.3 Å². The summed E-state index contributed by atoms with van der Waals surface area (Å²) < 4.78 is 13.5. The predicted octanol–water partition coefficient (Wildman–Crippen LogP) is 3.62. The molecule has 98 valence electrons. The molecule has 0 aromatic heterocycles. The average Bonchev–Trinajstić information content (AvgIpc) is 2.37. The Labute approximate surface area is 115 Å². The number of carbonyl (C=O) groups excluding carboxylic acids is 1. The summed E-state index contributed by atoms with van der Waals surface area (Å²) >= 11 is 5.75. The lowest BCUT2D eigenvalue weighted by atomic mass is 10.1. The smallest absolute Gasteiger partial charge is 0.255 e. The highest BCUT2D eigenvalue weighted by Gasteiger charge is 2.10. The van der Waals surface area contributed by atoms with Gasteiger partial charge < -0.3 is 11.1 Å². The molecule has 2 aromatic carbocycles. The quantitative estimate of drug-likeness (QED) is 0.824. The third kappa shape index (κ3) is 3.03. The molecule has 0 aliphatic carbocycles. The SMILES string of the molecule is Cc1ccc(C(=O)Nc2cc(Cl)ccc2F)cc1N. The summed E-state index contributed by atoms with van der Waals surface area (Å²) in [7, 11) is 0. The van der Waals surface area contributed by atoms with Crippen molar-refractivity contribution in [1.82, 2.24) is 0 Å². The van der Waals surface area contributed by atoms with Gasteiger partial charge in [-0.2, -0.15) is 0 Å². The molecule has 5 heteroatoms. The number of rotatable bonds is 2. The predicted molar refractivity (Wildman–Crippen MR) is 75.0 cm³/mol. The maximum atomic E-state index is 13.5. The van der Waals surface area contributed by atoms with Crippen molar-refractivity contribution in [3.63, 3.8) is 0 Å². The highest BCUT2D eigenvalue weighted by Crippen LogP contribution is 2.21. The van der Waals surface area contributed by atoms with Gasteiger partial charge in [0.2, 0.25) is 0 Å². The Morgan fingerprint density at radius 3 is 2.68 bits per heavy atom. The molecule has 0 atom stereocenters. The third-order valence-electron chi connectivity index (χ3n) is 2.72. The van der Waals surface area contributed by atoms with E-state index < -0.39 is 11.7 Å². The van der Waals surface area contributed by atoms with Gasteiger partial charge in [-0.3, -0.25) is 4.79 Å². The van der Waals surface area contributed by atoms with Gasteiger partial charge in [0.15, 0.2) is 0 Å². The largest absolute Gasteiger partial charge is 0.398 e. The molecule has 0 fully saturated rings. The van der Waals surface area contributed by atoms with Crippen LogP contribution in [0.25, 0.3) is 0 Å². The second-order valence-corrected chi connectivity index (χ2v) is 4.59. The Hall–Kier alpha value is -2.07. The first-order valence-electron chi connectivity index (χ1n) is 5.60. The van der Waals surface area contributed by atoms with Crippen LogP contribution in [0.4, 0.5) is 15.8 Å². The van der Waals surface area contributed by atoms with E-state index >= 15 is 0 Å². The summed E-state index contributed by atoms with van der Waals surface area (Å²) in [6, 6.07) is 8.87. The van der Waals surface area contributed by atoms with Crippen molar-refractivity contribution in [2.24, 2.45) is 0 Å². The fraction of sp³-hybridized carbons (Fsp3) is 0.0714. The zero-order valence-electron chi connectivity index (χ0n) is 10.2. The number of nitrogens with one attached hydrogen (secondary N) is 1. The molecule has 0 heterocycles. The molecule has 1 amide bonds. The van der Waals surface area contributed by atoms with Gasteiger partial charge >= 0.3 is 0 Å². The second-order valence-electron chi connectivity index (χ2n) is 4.15. The van der Waals surface area contributed by atoms with E-state index in [2.05, 4.69) is 5.32 Å². The van der Waals surface area contributed by atoms with E-state index in [1.54, 1.807) is 18.2 Å². The molecule has 0 bridgehead atoms. The number of anilines is 2.